The number of rotatable bonds is 3. The number of nitrogens with two attached hydrogens (primary N) is 2. The lowest BCUT2D eigenvalue weighted by Gasteiger charge is -2.06. The van der Waals surface area contributed by atoms with Crippen molar-refractivity contribution >= 4 is 28.1 Å². The smallest absolute Gasteiger partial charge is 0.211 e. The monoisotopic (exact) mass is 286 g/mol. The van der Waals surface area contributed by atoms with Gasteiger partial charge in [-0.3, -0.25) is 0 Å². The highest BCUT2D eigenvalue weighted by atomic mass is 79.9. The zero-order chi connectivity index (χ0) is 12.1. The van der Waals surface area contributed by atoms with Crippen molar-refractivity contribution in [3.63, 3.8) is 0 Å². The largest absolute Gasteiger partial charge is 0.503 e. The van der Waals surface area contributed by atoms with Gasteiger partial charge >= 0.3 is 0 Å². The SMILES string of the molecule is COc1ccc(/C=N/N=C(N)N)c(Br)c1O. The van der Waals surface area contributed by atoms with Gasteiger partial charge in [0.15, 0.2) is 11.5 Å². The summed E-state index contributed by atoms with van der Waals surface area (Å²) in [5.41, 5.74) is 10.8. The molecule has 6 nitrogen and oxygen atoms in total. The van der Waals surface area contributed by atoms with Crippen molar-refractivity contribution in [1.29, 1.82) is 0 Å². The van der Waals surface area contributed by atoms with Crippen LogP contribution in [0.3, 0.4) is 0 Å². The fraction of sp³-hybridized carbons (Fsp3) is 0.111. The Morgan fingerprint density at radius 3 is 2.75 bits per heavy atom. The molecule has 7 heteroatoms. The molecule has 1 aromatic rings. The van der Waals surface area contributed by atoms with E-state index in [2.05, 4.69) is 26.1 Å². The standard InChI is InChI=1S/C9H11BrN4O2/c1-16-6-3-2-5(7(10)8(6)15)4-13-14-9(11)12/h2-4,15H,1H3,(H4,11,12,14)/b13-4+. The summed E-state index contributed by atoms with van der Waals surface area (Å²) in [6.07, 6.45) is 1.41. The van der Waals surface area contributed by atoms with Gasteiger partial charge in [0.1, 0.15) is 0 Å². The summed E-state index contributed by atoms with van der Waals surface area (Å²) in [7, 11) is 1.47. The third-order valence-corrected chi connectivity index (χ3v) is 2.53. The van der Waals surface area contributed by atoms with Gasteiger partial charge in [-0.2, -0.15) is 5.10 Å². The molecule has 1 rings (SSSR count). The molecule has 0 saturated carbocycles. The van der Waals surface area contributed by atoms with Crippen LogP contribution in [-0.4, -0.2) is 24.4 Å². The number of hydrogen-bond acceptors (Lipinski definition) is 4. The molecule has 0 fully saturated rings. The average molecular weight is 287 g/mol. The van der Waals surface area contributed by atoms with Gasteiger partial charge in [-0.15, -0.1) is 5.10 Å². The van der Waals surface area contributed by atoms with E-state index in [0.29, 0.717) is 15.8 Å². The Hall–Kier alpha value is -1.76. The zero-order valence-corrected chi connectivity index (χ0v) is 10.1. The summed E-state index contributed by atoms with van der Waals surface area (Å²) in [4.78, 5) is 0. The van der Waals surface area contributed by atoms with Crippen molar-refractivity contribution in [2.75, 3.05) is 7.11 Å². The Labute approximate surface area is 101 Å². The quantitative estimate of drug-likeness (QED) is 0.433. The number of halogens is 1. The van der Waals surface area contributed by atoms with Crippen molar-refractivity contribution in [3.05, 3.63) is 22.2 Å². The number of methoxy groups -OCH3 is 1. The molecule has 5 N–H and O–H groups in total. The molecule has 0 bridgehead atoms. The van der Waals surface area contributed by atoms with E-state index < -0.39 is 0 Å². The first-order valence-electron chi connectivity index (χ1n) is 4.23. The molecule has 0 amide bonds. The second-order valence-electron chi connectivity index (χ2n) is 2.79. The van der Waals surface area contributed by atoms with E-state index >= 15 is 0 Å². The Morgan fingerprint density at radius 1 is 1.50 bits per heavy atom. The van der Waals surface area contributed by atoms with E-state index in [1.54, 1.807) is 12.1 Å². The summed E-state index contributed by atoms with van der Waals surface area (Å²) in [5, 5.41) is 16.7. The number of phenols is 1. The molecule has 86 valence electrons. The van der Waals surface area contributed by atoms with Crippen molar-refractivity contribution < 1.29 is 9.84 Å². The van der Waals surface area contributed by atoms with Crippen molar-refractivity contribution in [2.24, 2.45) is 21.7 Å². The molecule has 16 heavy (non-hydrogen) atoms. The number of phenolic OH excluding ortho intramolecular Hbond substituents is 1. The Morgan fingerprint density at radius 2 is 2.19 bits per heavy atom. The van der Waals surface area contributed by atoms with Gasteiger partial charge in [-0.05, 0) is 28.1 Å². The van der Waals surface area contributed by atoms with Crippen LogP contribution in [-0.2, 0) is 0 Å². The lowest BCUT2D eigenvalue weighted by Crippen LogP contribution is -2.21. The topological polar surface area (TPSA) is 106 Å². The van der Waals surface area contributed by atoms with E-state index in [9.17, 15) is 5.11 Å². The Kier molecular flexibility index (Phi) is 4.12. The lowest BCUT2D eigenvalue weighted by atomic mass is 10.2. The molecule has 0 heterocycles. The first kappa shape index (κ1) is 12.3. The van der Waals surface area contributed by atoms with Gasteiger partial charge in [0, 0.05) is 5.56 Å². The van der Waals surface area contributed by atoms with Crippen molar-refractivity contribution in [2.45, 2.75) is 0 Å². The lowest BCUT2D eigenvalue weighted by molar-refractivity contribution is 0.372. The molecule has 0 radical (unpaired) electrons. The molecule has 0 aliphatic rings. The van der Waals surface area contributed by atoms with Crippen LogP contribution >= 0.6 is 15.9 Å². The van der Waals surface area contributed by atoms with E-state index in [4.69, 9.17) is 16.2 Å². The van der Waals surface area contributed by atoms with Crippen LogP contribution in [0.4, 0.5) is 0 Å². The number of benzene rings is 1. The summed E-state index contributed by atoms with van der Waals surface area (Å²) in [6.45, 7) is 0. The van der Waals surface area contributed by atoms with Gasteiger partial charge in [0.2, 0.25) is 5.96 Å². The fourth-order valence-corrected chi connectivity index (χ4v) is 1.41. The molecule has 1 aromatic carbocycles. The van der Waals surface area contributed by atoms with Crippen LogP contribution in [0.25, 0.3) is 0 Å². The minimum absolute atomic E-state index is 0.00356. The van der Waals surface area contributed by atoms with E-state index in [1.807, 2.05) is 0 Å². The molecule has 0 unspecified atom stereocenters. The third kappa shape index (κ3) is 2.86. The minimum Gasteiger partial charge on any atom is -0.503 e. The molecule has 0 atom stereocenters. The highest BCUT2D eigenvalue weighted by molar-refractivity contribution is 9.10. The number of hydrogen-bond donors (Lipinski definition) is 3. The van der Waals surface area contributed by atoms with Crippen LogP contribution in [0, 0.1) is 0 Å². The second-order valence-corrected chi connectivity index (χ2v) is 3.58. The van der Waals surface area contributed by atoms with Gasteiger partial charge in [-0.1, -0.05) is 0 Å². The molecular formula is C9H11BrN4O2. The first-order valence-corrected chi connectivity index (χ1v) is 5.03. The third-order valence-electron chi connectivity index (χ3n) is 1.70. The predicted molar refractivity (Wildman–Crippen MR) is 65.8 cm³/mol. The minimum atomic E-state index is -0.134. The van der Waals surface area contributed by atoms with Gasteiger partial charge in [-0.25, -0.2) is 0 Å². The summed E-state index contributed by atoms with van der Waals surface area (Å²) in [6, 6.07) is 3.31. The van der Waals surface area contributed by atoms with Crippen LogP contribution in [0.5, 0.6) is 11.5 Å². The molecule has 0 saturated heterocycles. The van der Waals surface area contributed by atoms with Crippen LogP contribution in [0.2, 0.25) is 0 Å². The molecule has 0 aliphatic heterocycles. The summed E-state index contributed by atoms with van der Waals surface area (Å²) >= 11 is 3.21. The fourth-order valence-electron chi connectivity index (χ4n) is 0.985. The van der Waals surface area contributed by atoms with E-state index in [0.717, 1.165) is 0 Å². The van der Waals surface area contributed by atoms with Crippen LogP contribution < -0.4 is 16.2 Å². The van der Waals surface area contributed by atoms with Gasteiger partial charge in [0.05, 0.1) is 17.8 Å². The maximum Gasteiger partial charge on any atom is 0.211 e. The molecule has 0 aromatic heterocycles. The summed E-state index contributed by atoms with van der Waals surface area (Å²) in [5.74, 6) is 0.229. The van der Waals surface area contributed by atoms with Crippen molar-refractivity contribution in [3.8, 4) is 11.5 Å². The number of ether oxygens (including phenoxy) is 1. The maximum atomic E-state index is 9.67. The highest BCUT2D eigenvalue weighted by Gasteiger charge is 2.08. The predicted octanol–water partition coefficient (Wildman–Crippen LogP) is 0.771. The maximum absolute atomic E-state index is 9.67. The molecule has 0 spiro atoms. The normalized spacial score (nSPS) is 10.4. The first-order chi connectivity index (χ1) is 7.56. The van der Waals surface area contributed by atoms with Crippen LogP contribution in [0.1, 0.15) is 5.56 Å². The Bertz CT molecular complexity index is 441. The van der Waals surface area contributed by atoms with E-state index in [1.165, 1.54) is 13.3 Å². The average Bonchev–Trinajstić information content (AvgIpc) is 2.24. The highest BCUT2D eigenvalue weighted by Crippen LogP contribution is 2.35. The number of guanidine groups is 1. The zero-order valence-electron chi connectivity index (χ0n) is 8.51. The molecular weight excluding hydrogens is 276 g/mol. The number of nitrogens with zero attached hydrogens (tertiary/aromatic N) is 2. The second kappa shape index (κ2) is 5.36. The Balaban J connectivity index is 3.04. The summed E-state index contributed by atoms with van der Waals surface area (Å²) < 4.78 is 5.39. The van der Waals surface area contributed by atoms with Gasteiger partial charge < -0.3 is 21.3 Å². The van der Waals surface area contributed by atoms with E-state index in [-0.39, 0.29) is 11.7 Å². The van der Waals surface area contributed by atoms with Crippen molar-refractivity contribution in [1.82, 2.24) is 0 Å². The van der Waals surface area contributed by atoms with Crippen LogP contribution in [0.15, 0.2) is 26.8 Å². The van der Waals surface area contributed by atoms with Gasteiger partial charge in [0.25, 0.3) is 0 Å². The number of aromatic hydroxyl groups is 1. The molecule has 0 aliphatic carbocycles.